The number of carbonyl (C=O) groups is 2. The van der Waals surface area contributed by atoms with Crippen LogP contribution in [0, 0.1) is 53.3 Å². The summed E-state index contributed by atoms with van der Waals surface area (Å²) >= 11 is 0. The highest BCUT2D eigenvalue weighted by atomic mass is 16.5. The second-order valence-electron chi connectivity index (χ2n) is 15.8. The first-order valence-electron chi connectivity index (χ1n) is 19.1. The van der Waals surface area contributed by atoms with Crippen molar-refractivity contribution < 1.29 is 24.2 Å². The second-order valence-corrected chi connectivity index (χ2v) is 15.8. The Labute approximate surface area is 275 Å². The largest absolute Gasteiger partial charge is 0.462 e. The number of hydrogen-bond acceptors (Lipinski definition) is 5. The Hall–Kier alpha value is -1.62. The van der Waals surface area contributed by atoms with Gasteiger partial charge in [-0.2, -0.15) is 0 Å². The highest BCUT2D eigenvalue weighted by Gasteiger charge is 2.38. The standard InChI is InChI=1S/C40H66O5/c1-5-6-7-8-30-9-11-31(12-10-30)32-13-15-33(16-14-32)34-17-19-35(20-18-34)36-21-23-37(24-22-36)38(26-44-39(42)28(2)3)27-45-40(43)29(4)25-41/h30-38,41H,2,4-27H2,1,3H3. The lowest BCUT2D eigenvalue weighted by Gasteiger charge is -2.43. The van der Waals surface area contributed by atoms with Crippen LogP contribution in [0.3, 0.4) is 0 Å². The predicted octanol–water partition coefficient (Wildman–Crippen LogP) is 9.62. The number of rotatable bonds is 15. The maximum Gasteiger partial charge on any atom is 0.335 e. The third kappa shape index (κ3) is 11.0. The van der Waals surface area contributed by atoms with Crippen LogP contribution in [0.5, 0.6) is 0 Å². The molecule has 1 unspecified atom stereocenters. The van der Waals surface area contributed by atoms with Crippen molar-refractivity contribution in [2.45, 2.75) is 142 Å². The van der Waals surface area contributed by atoms with Crippen LogP contribution in [0.1, 0.15) is 142 Å². The van der Waals surface area contributed by atoms with Crippen molar-refractivity contribution in [3.8, 4) is 0 Å². The van der Waals surface area contributed by atoms with Gasteiger partial charge in [-0.3, -0.25) is 0 Å². The van der Waals surface area contributed by atoms with Gasteiger partial charge in [-0.05, 0) is 144 Å². The van der Waals surface area contributed by atoms with Crippen molar-refractivity contribution in [2.75, 3.05) is 19.8 Å². The summed E-state index contributed by atoms with van der Waals surface area (Å²) < 4.78 is 11.0. The number of unbranched alkanes of at least 4 members (excludes halogenated alkanes) is 2. The number of esters is 2. The number of ether oxygens (including phenoxy) is 2. The van der Waals surface area contributed by atoms with Crippen LogP contribution < -0.4 is 0 Å². The van der Waals surface area contributed by atoms with Gasteiger partial charge in [-0.1, -0.05) is 58.6 Å². The van der Waals surface area contributed by atoms with E-state index in [0.29, 0.717) is 11.5 Å². The normalized spacial score (nSPS) is 33.1. The molecule has 4 aliphatic rings. The minimum atomic E-state index is -0.576. The van der Waals surface area contributed by atoms with Crippen LogP contribution in [-0.4, -0.2) is 36.9 Å². The highest BCUT2D eigenvalue weighted by Crippen LogP contribution is 2.49. The Morgan fingerprint density at radius 2 is 1.04 bits per heavy atom. The molecular formula is C40H66O5. The highest BCUT2D eigenvalue weighted by molar-refractivity contribution is 5.88. The Bertz CT molecular complexity index is 924. The fraction of sp³-hybridized carbons (Fsp3) is 0.850. The molecule has 0 amide bonds. The molecule has 0 aromatic rings. The molecule has 0 spiro atoms. The lowest BCUT2D eigenvalue weighted by molar-refractivity contribution is -0.146. The van der Waals surface area contributed by atoms with E-state index in [1.54, 1.807) is 6.92 Å². The maximum absolute atomic E-state index is 12.1. The van der Waals surface area contributed by atoms with Crippen LogP contribution in [0.4, 0.5) is 0 Å². The first-order chi connectivity index (χ1) is 21.8. The molecule has 0 aliphatic heterocycles. The molecule has 0 aromatic carbocycles. The van der Waals surface area contributed by atoms with Crippen molar-refractivity contribution in [1.82, 2.24) is 0 Å². The number of carbonyl (C=O) groups excluding carboxylic acids is 2. The summed E-state index contributed by atoms with van der Waals surface area (Å²) in [7, 11) is 0. The average molecular weight is 627 g/mol. The fourth-order valence-electron chi connectivity index (χ4n) is 9.87. The van der Waals surface area contributed by atoms with Crippen molar-refractivity contribution in [3.63, 3.8) is 0 Å². The van der Waals surface area contributed by atoms with E-state index >= 15 is 0 Å². The molecule has 256 valence electrons. The summed E-state index contributed by atoms with van der Waals surface area (Å²) in [6.07, 6.45) is 28.1. The molecule has 0 radical (unpaired) electrons. The zero-order valence-electron chi connectivity index (χ0n) is 29.0. The molecule has 0 heterocycles. The lowest BCUT2D eigenvalue weighted by Crippen LogP contribution is -2.34. The van der Waals surface area contributed by atoms with Gasteiger partial charge >= 0.3 is 11.9 Å². The van der Waals surface area contributed by atoms with Crippen LogP contribution in [0.2, 0.25) is 0 Å². The van der Waals surface area contributed by atoms with Crippen molar-refractivity contribution >= 4 is 11.9 Å². The Balaban J connectivity index is 1.15. The van der Waals surface area contributed by atoms with Crippen molar-refractivity contribution in [3.05, 3.63) is 24.3 Å². The molecule has 0 saturated heterocycles. The van der Waals surface area contributed by atoms with Crippen molar-refractivity contribution in [1.29, 1.82) is 0 Å². The van der Waals surface area contributed by atoms with Gasteiger partial charge in [0.05, 0.1) is 25.4 Å². The van der Waals surface area contributed by atoms with E-state index in [2.05, 4.69) is 20.1 Å². The van der Waals surface area contributed by atoms with Crippen LogP contribution in [0.15, 0.2) is 24.3 Å². The van der Waals surface area contributed by atoms with E-state index in [1.807, 2.05) is 0 Å². The van der Waals surface area contributed by atoms with E-state index in [1.165, 1.54) is 116 Å². The molecule has 0 bridgehead atoms. The Morgan fingerprint density at radius 3 is 1.44 bits per heavy atom. The van der Waals surface area contributed by atoms with Crippen LogP contribution in [0.25, 0.3) is 0 Å². The lowest BCUT2D eigenvalue weighted by atomic mass is 9.62. The number of aliphatic hydroxyl groups excluding tert-OH is 1. The van der Waals surface area contributed by atoms with Gasteiger partial charge in [0.15, 0.2) is 0 Å². The Kier molecular flexibility index (Phi) is 15.0. The van der Waals surface area contributed by atoms with E-state index in [0.717, 1.165) is 54.3 Å². The summed E-state index contributed by atoms with van der Waals surface area (Å²) in [6.45, 7) is 11.2. The number of aliphatic hydroxyl groups is 1. The SMILES string of the molecule is C=C(C)C(=O)OCC(COC(=O)C(=C)CO)C1CCC(C2CCC(C3CCC(C4CCC(CCCCC)CC4)CC3)CC2)CC1. The summed E-state index contributed by atoms with van der Waals surface area (Å²) in [4.78, 5) is 24.2. The van der Waals surface area contributed by atoms with E-state index in [4.69, 9.17) is 9.47 Å². The third-order valence-corrected chi connectivity index (χ3v) is 12.9. The van der Waals surface area contributed by atoms with Crippen LogP contribution in [-0.2, 0) is 19.1 Å². The summed E-state index contributed by atoms with van der Waals surface area (Å²) in [5.41, 5.74) is 0.428. The van der Waals surface area contributed by atoms with Gasteiger partial charge in [0.2, 0.25) is 0 Å². The first-order valence-corrected chi connectivity index (χ1v) is 19.1. The molecule has 5 heteroatoms. The van der Waals surface area contributed by atoms with Crippen molar-refractivity contribution in [2.24, 2.45) is 53.3 Å². The maximum atomic E-state index is 12.1. The quantitative estimate of drug-likeness (QED) is 0.111. The summed E-state index contributed by atoms with van der Waals surface area (Å²) in [6, 6.07) is 0. The molecule has 5 nitrogen and oxygen atoms in total. The molecule has 1 N–H and O–H groups in total. The van der Waals surface area contributed by atoms with Gasteiger partial charge in [-0.15, -0.1) is 0 Å². The van der Waals surface area contributed by atoms with Gasteiger partial charge in [0.1, 0.15) is 0 Å². The topological polar surface area (TPSA) is 72.8 Å². The van der Waals surface area contributed by atoms with Gasteiger partial charge in [0.25, 0.3) is 0 Å². The molecule has 0 aromatic heterocycles. The smallest absolute Gasteiger partial charge is 0.335 e. The zero-order chi connectivity index (χ0) is 32.2. The third-order valence-electron chi connectivity index (χ3n) is 12.9. The fourth-order valence-corrected chi connectivity index (χ4v) is 9.87. The average Bonchev–Trinajstić information content (AvgIpc) is 3.08. The van der Waals surface area contributed by atoms with Gasteiger partial charge in [-0.25, -0.2) is 9.59 Å². The molecule has 1 atom stereocenters. The molecule has 4 fully saturated rings. The monoisotopic (exact) mass is 626 g/mol. The van der Waals surface area contributed by atoms with E-state index < -0.39 is 18.5 Å². The minimum absolute atomic E-state index is 0.0450. The zero-order valence-corrected chi connectivity index (χ0v) is 29.0. The van der Waals surface area contributed by atoms with E-state index in [9.17, 15) is 14.7 Å². The number of hydrogen-bond donors (Lipinski definition) is 1. The van der Waals surface area contributed by atoms with E-state index in [-0.39, 0.29) is 24.7 Å². The van der Waals surface area contributed by atoms with Crippen LogP contribution >= 0.6 is 0 Å². The molecule has 4 saturated carbocycles. The Morgan fingerprint density at radius 1 is 0.644 bits per heavy atom. The molecule has 4 aliphatic carbocycles. The molecule has 45 heavy (non-hydrogen) atoms. The first kappa shape index (κ1) is 36.2. The summed E-state index contributed by atoms with van der Waals surface area (Å²) in [5, 5.41) is 9.21. The molecular weight excluding hydrogens is 560 g/mol. The molecule has 4 rings (SSSR count). The minimum Gasteiger partial charge on any atom is -0.462 e. The predicted molar refractivity (Wildman–Crippen MR) is 182 cm³/mol. The summed E-state index contributed by atoms with van der Waals surface area (Å²) in [5.74, 6) is 6.02. The second kappa shape index (κ2) is 18.6. The van der Waals surface area contributed by atoms with Gasteiger partial charge in [0, 0.05) is 11.5 Å². The van der Waals surface area contributed by atoms with Gasteiger partial charge < -0.3 is 14.6 Å².